The summed E-state index contributed by atoms with van der Waals surface area (Å²) in [5.41, 5.74) is 2.12. The molecule has 2 heterocycles. The van der Waals surface area contributed by atoms with Crippen molar-refractivity contribution in [1.29, 1.82) is 0 Å². The van der Waals surface area contributed by atoms with Crippen LogP contribution in [-0.4, -0.2) is 20.4 Å². The number of carbonyl (C=O) groups is 1. The minimum absolute atomic E-state index is 0.0992. The number of hydrogen-bond donors (Lipinski definition) is 1. The highest BCUT2D eigenvalue weighted by Gasteiger charge is 2.18. The Bertz CT molecular complexity index is 1380. The van der Waals surface area contributed by atoms with E-state index in [1.54, 1.807) is 26.0 Å². The first kappa shape index (κ1) is 20.4. The van der Waals surface area contributed by atoms with Crippen molar-refractivity contribution in [2.75, 3.05) is 5.32 Å². The summed E-state index contributed by atoms with van der Waals surface area (Å²) in [6.07, 6.45) is 1.32. The molecule has 0 saturated carbocycles. The van der Waals surface area contributed by atoms with Crippen molar-refractivity contribution in [3.05, 3.63) is 86.5 Å². The molecule has 4 aromatic rings. The van der Waals surface area contributed by atoms with Gasteiger partial charge in [-0.05, 0) is 42.7 Å². The van der Waals surface area contributed by atoms with Crippen LogP contribution in [0.1, 0.15) is 11.1 Å². The number of nitrogens with zero attached hydrogens (tertiary/aromatic N) is 3. The first-order valence-corrected chi connectivity index (χ1v) is 10.2. The third kappa shape index (κ3) is 4.08. The lowest BCUT2D eigenvalue weighted by Gasteiger charge is -2.10. The van der Waals surface area contributed by atoms with Gasteiger partial charge in [0.05, 0.1) is 16.6 Å². The maximum absolute atomic E-state index is 12.9. The number of benzene rings is 2. The van der Waals surface area contributed by atoms with E-state index < -0.39 is 10.8 Å². The van der Waals surface area contributed by atoms with Gasteiger partial charge in [-0.2, -0.15) is 0 Å². The SMILES string of the molecule is Cc1cc(NC(=O)Cn2cnc3sc(-c4ccccc4)cc3c2=O)c([N+](=O)[O-])cc1C. The molecule has 1 N–H and O–H groups in total. The quantitative estimate of drug-likeness (QED) is 0.372. The van der Waals surface area contributed by atoms with E-state index in [4.69, 9.17) is 0 Å². The van der Waals surface area contributed by atoms with E-state index in [0.717, 1.165) is 21.6 Å². The zero-order valence-electron chi connectivity index (χ0n) is 16.8. The van der Waals surface area contributed by atoms with Crippen LogP contribution in [-0.2, 0) is 11.3 Å². The second-order valence-electron chi connectivity index (χ2n) is 7.13. The number of aryl methyl sites for hydroxylation is 2. The Labute approximate surface area is 181 Å². The molecule has 9 heteroatoms. The Kier molecular flexibility index (Phi) is 5.35. The zero-order chi connectivity index (χ0) is 22.1. The number of hydrogen-bond acceptors (Lipinski definition) is 6. The van der Waals surface area contributed by atoms with Gasteiger partial charge >= 0.3 is 0 Å². The summed E-state index contributed by atoms with van der Waals surface area (Å²) in [6.45, 7) is 3.26. The normalized spacial score (nSPS) is 10.9. The molecule has 2 aromatic heterocycles. The Morgan fingerprint density at radius 2 is 1.87 bits per heavy atom. The summed E-state index contributed by atoms with van der Waals surface area (Å²) in [5.74, 6) is -0.548. The average Bonchev–Trinajstić information content (AvgIpc) is 3.18. The van der Waals surface area contributed by atoms with E-state index in [2.05, 4.69) is 10.3 Å². The molecule has 0 saturated heterocycles. The van der Waals surface area contributed by atoms with Crippen LogP contribution >= 0.6 is 11.3 Å². The number of aromatic nitrogens is 2. The lowest BCUT2D eigenvalue weighted by Crippen LogP contribution is -2.27. The van der Waals surface area contributed by atoms with Crippen molar-refractivity contribution in [3.8, 4) is 10.4 Å². The van der Waals surface area contributed by atoms with E-state index >= 15 is 0 Å². The number of nitro benzene ring substituents is 1. The third-order valence-corrected chi connectivity index (χ3v) is 6.07. The topological polar surface area (TPSA) is 107 Å². The van der Waals surface area contributed by atoms with Crippen molar-refractivity contribution in [3.63, 3.8) is 0 Å². The number of carbonyl (C=O) groups excluding carboxylic acids is 1. The lowest BCUT2D eigenvalue weighted by molar-refractivity contribution is -0.384. The minimum atomic E-state index is -0.548. The van der Waals surface area contributed by atoms with Gasteiger partial charge < -0.3 is 5.32 Å². The molecule has 0 atom stereocenters. The molecule has 0 spiro atoms. The van der Waals surface area contributed by atoms with Crippen molar-refractivity contribution < 1.29 is 9.72 Å². The van der Waals surface area contributed by atoms with Crippen molar-refractivity contribution >= 4 is 38.8 Å². The molecular weight excluding hydrogens is 416 g/mol. The maximum Gasteiger partial charge on any atom is 0.293 e. The van der Waals surface area contributed by atoms with E-state index in [9.17, 15) is 19.7 Å². The van der Waals surface area contributed by atoms with Gasteiger partial charge in [0.25, 0.3) is 11.2 Å². The Balaban J connectivity index is 1.61. The highest BCUT2D eigenvalue weighted by Crippen LogP contribution is 2.31. The number of nitrogens with one attached hydrogen (secondary N) is 1. The second-order valence-corrected chi connectivity index (χ2v) is 8.16. The molecule has 31 heavy (non-hydrogen) atoms. The predicted octanol–water partition coefficient (Wildman–Crippen LogP) is 4.29. The number of fused-ring (bicyclic) bond motifs is 1. The monoisotopic (exact) mass is 434 g/mol. The van der Waals surface area contributed by atoms with E-state index in [-0.39, 0.29) is 23.5 Å². The van der Waals surface area contributed by atoms with Gasteiger partial charge in [0.15, 0.2) is 0 Å². The van der Waals surface area contributed by atoms with Gasteiger partial charge in [0, 0.05) is 10.9 Å². The van der Waals surface area contributed by atoms with Crippen LogP contribution in [0.15, 0.2) is 59.7 Å². The van der Waals surface area contributed by atoms with E-state index in [1.807, 2.05) is 30.3 Å². The zero-order valence-corrected chi connectivity index (χ0v) is 17.6. The summed E-state index contributed by atoms with van der Waals surface area (Å²) in [5, 5.41) is 14.3. The largest absolute Gasteiger partial charge is 0.319 e. The summed E-state index contributed by atoms with van der Waals surface area (Å²) in [4.78, 5) is 42.0. The molecule has 2 aromatic carbocycles. The lowest BCUT2D eigenvalue weighted by atomic mass is 10.1. The van der Waals surface area contributed by atoms with Crippen molar-refractivity contribution in [1.82, 2.24) is 9.55 Å². The third-order valence-electron chi connectivity index (χ3n) is 4.97. The second kappa shape index (κ2) is 8.11. The predicted molar refractivity (Wildman–Crippen MR) is 121 cm³/mol. The molecule has 0 radical (unpaired) electrons. The van der Waals surface area contributed by atoms with Crippen LogP contribution in [0.25, 0.3) is 20.7 Å². The minimum Gasteiger partial charge on any atom is -0.319 e. The number of anilines is 1. The first-order valence-electron chi connectivity index (χ1n) is 9.43. The molecule has 8 nitrogen and oxygen atoms in total. The smallest absolute Gasteiger partial charge is 0.293 e. The number of nitro groups is 1. The van der Waals surface area contributed by atoms with E-state index in [0.29, 0.717) is 10.2 Å². The van der Waals surface area contributed by atoms with Gasteiger partial charge in [-0.25, -0.2) is 4.98 Å². The van der Waals surface area contributed by atoms with Gasteiger partial charge in [-0.15, -0.1) is 11.3 Å². The summed E-state index contributed by atoms with van der Waals surface area (Å²) < 4.78 is 1.20. The molecule has 1 amide bonds. The highest BCUT2D eigenvalue weighted by atomic mass is 32.1. The highest BCUT2D eigenvalue weighted by molar-refractivity contribution is 7.21. The molecule has 0 aliphatic carbocycles. The molecular formula is C22H18N4O4S. The van der Waals surface area contributed by atoms with E-state index in [1.165, 1.54) is 28.3 Å². The summed E-state index contributed by atoms with van der Waals surface area (Å²) in [7, 11) is 0. The van der Waals surface area contributed by atoms with Gasteiger partial charge in [0.1, 0.15) is 17.1 Å². The average molecular weight is 434 g/mol. The molecule has 4 rings (SSSR count). The fourth-order valence-corrected chi connectivity index (χ4v) is 4.21. The van der Waals surface area contributed by atoms with Crippen LogP contribution < -0.4 is 10.9 Å². The van der Waals surface area contributed by atoms with Gasteiger partial charge in [-0.1, -0.05) is 30.3 Å². The Morgan fingerprint density at radius 1 is 1.16 bits per heavy atom. The standard InChI is InChI=1S/C22H18N4O4S/c1-13-8-17(18(26(29)30)9-14(13)2)24-20(27)11-25-12-23-21-16(22(25)28)10-19(31-21)15-6-4-3-5-7-15/h3-10,12H,11H2,1-2H3,(H,24,27). The van der Waals surface area contributed by atoms with Crippen LogP contribution in [0, 0.1) is 24.0 Å². The van der Waals surface area contributed by atoms with Crippen LogP contribution in [0.5, 0.6) is 0 Å². The summed E-state index contributed by atoms with van der Waals surface area (Å²) in [6, 6.07) is 14.4. The molecule has 0 bridgehead atoms. The molecule has 0 fully saturated rings. The van der Waals surface area contributed by atoms with Crippen LogP contribution in [0.4, 0.5) is 11.4 Å². The number of thiophene rings is 1. The van der Waals surface area contributed by atoms with Crippen LogP contribution in [0.2, 0.25) is 0 Å². The number of amides is 1. The number of rotatable bonds is 5. The Morgan fingerprint density at radius 3 is 2.58 bits per heavy atom. The molecule has 0 aliphatic heterocycles. The first-order chi connectivity index (χ1) is 14.8. The molecule has 0 aliphatic rings. The summed E-state index contributed by atoms with van der Waals surface area (Å²) >= 11 is 1.40. The molecule has 0 unspecified atom stereocenters. The Hall–Kier alpha value is -3.85. The van der Waals surface area contributed by atoms with Crippen molar-refractivity contribution in [2.24, 2.45) is 0 Å². The fourth-order valence-electron chi connectivity index (χ4n) is 3.21. The van der Waals surface area contributed by atoms with Gasteiger partial charge in [-0.3, -0.25) is 24.3 Å². The van der Waals surface area contributed by atoms with Gasteiger partial charge in [0.2, 0.25) is 5.91 Å². The van der Waals surface area contributed by atoms with Crippen molar-refractivity contribution in [2.45, 2.75) is 20.4 Å². The maximum atomic E-state index is 12.9. The van der Waals surface area contributed by atoms with Crippen LogP contribution in [0.3, 0.4) is 0 Å². The molecule has 156 valence electrons. The fraction of sp³-hybridized carbons (Fsp3) is 0.136.